The molecule has 0 aliphatic heterocycles. The fourth-order valence-electron chi connectivity index (χ4n) is 1.11. The molecule has 1 aromatic rings. The van der Waals surface area contributed by atoms with Crippen molar-refractivity contribution >= 4 is 12.6 Å². The summed E-state index contributed by atoms with van der Waals surface area (Å²) < 4.78 is 25.2. The standard InChI is InChI=1S/C9H11F2NO2S/c10-6-3-5(4-12-9(6)11)8(14)7(13)1-2-15/h3-4,7-8,13-15H,1-2H2. The first kappa shape index (κ1) is 12.4. The highest BCUT2D eigenvalue weighted by Gasteiger charge is 2.19. The van der Waals surface area contributed by atoms with E-state index in [1.54, 1.807) is 0 Å². The van der Waals surface area contributed by atoms with E-state index in [-0.39, 0.29) is 12.0 Å². The molecule has 0 aliphatic rings. The van der Waals surface area contributed by atoms with Crippen LogP contribution in [-0.2, 0) is 0 Å². The van der Waals surface area contributed by atoms with Gasteiger partial charge in [0.2, 0.25) is 5.95 Å². The van der Waals surface area contributed by atoms with Gasteiger partial charge in [-0.25, -0.2) is 9.37 Å². The molecule has 1 rings (SSSR count). The highest BCUT2D eigenvalue weighted by Crippen LogP contribution is 2.19. The Morgan fingerprint density at radius 1 is 1.40 bits per heavy atom. The number of aliphatic hydroxyl groups excluding tert-OH is 2. The van der Waals surface area contributed by atoms with Crippen molar-refractivity contribution in [2.24, 2.45) is 0 Å². The molecular weight excluding hydrogens is 224 g/mol. The molecule has 0 saturated carbocycles. The second-order valence-electron chi connectivity index (χ2n) is 3.07. The molecule has 2 unspecified atom stereocenters. The number of aromatic nitrogens is 1. The van der Waals surface area contributed by atoms with Crippen LogP contribution in [0, 0.1) is 11.8 Å². The summed E-state index contributed by atoms with van der Waals surface area (Å²) in [7, 11) is 0. The molecule has 15 heavy (non-hydrogen) atoms. The topological polar surface area (TPSA) is 53.4 Å². The van der Waals surface area contributed by atoms with E-state index in [9.17, 15) is 19.0 Å². The van der Waals surface area contributed by atoms with Crippen molar-refractivity contribution < 1.29 is 19.0 Å². The van der Waals surface area contributed by atoms with E-state index in [1.165, 1.54) is 0 Å². The van der Waals surface area contributed by atoms with E-state index in [2.05, 4.69) is 17.6 Å². The van der Waals surface area contributed by atoms with Gasteiger partial charge in [0.25, 0.3) is 0 Å². The second kappa shape index (κ2) is 5.39. The predicted octanol–water partition coefficient (Wildman–Crippen LogP) is 1.07. The van der Waals surface area contributed by atoms with Crippen LogP contribution in [0.15, 0.2) is 12.3 Å². The fraction of sp³-hybridized carbons (Fsp3) is 0.444. The van der Waals surface area contributed by atoms with Gasteiger partial charge in [-0.05, 0) is 18.2 Å². The van der Waals surface area contributed by atoms with Gasteiger partial charge < -0.3 is 10.2 Å². The lowest BCUT2D eigenvalue weighted by Gasteiger charge is -2.16. The SMILES string of the molecule is OC(CCS)C(O)c1cnc(F)c(F)c1. The Morgan fingerprint density at radius 2 is 2.07 bits per heavy atom. The highest BCUT2D eigenvalue weighted by atomic mass is 32.1. The molecule has 0 fully saturated rings. The van der Waals surface area contributed by atoms with Crippen LogP contribution in [0.4, 0.5) is 8.78 Å². The van der Waals surface area contributed by atoms with Gasteiger partial charge in [-0.3, -0.25) is 0 Å². The Kier molecular flexibility index (Phi) is 4.44. The number of halogens is 2. The van der Waals surface area contributed by atoms with E-state index in [4.69, 9.17) is 0 Å². The summed E-state index contributed by atoms with van der Waals surface area (Å²) >= 11 is 3.88. The molecule has 6 heteroatoms. The van der Waals surface area contributed by atoms with Crippen LogP contribution in [0.3, 0.4) is 0 Å². The quantitative estimate of drug-likeness (QED) is 0.540. The summed E-state index contributed by atoms with van der Waals surface area (Å²) in [6.45, 7) is 0. The molecule has 84 valence electrons. The Bertz CT molecular complexity index is 338. The van der Waals surface area contributed by atoms with E-state index in [1.807, 2.05) is 0 Å². The molecule has 2 atom stereocenters. The number of thiol groups is 1. The van der Waals surface area contributed by atoms with Gasteiger partial charge in [0.1, 0.15) is 6.10 Å². The molecule has 0 aliphatic carbocycles. The minimum Gasteiger partial charge on any atom is -0.390 e. The summed E-state index contributed by atoms with van der Waals surface area (Å²) in [5, 5.41) is 18.9. The van der Waals surface area contributed by atoms with Crippen molar-refractivity contribution in [2.75, 3.05) is 5.75 Å². The Labute approximate surface area is 91.2 Å². The third-order valence-electron chi connectivity index (χ3n) is 1.95. The summed E-state index contributed by atoms with van der Waals surface area (Å²) in [4.78, 5) is 3.11. The molecule has 0 radical (unpaired) electrons. The Morgan fingerprint density at radius 3 is 2.60 bits per heavy atom. The highest BCUT2D eigenvalue weighted by molar-refractivity contribution is 7.80. The molecule has 2 N–H and O–H groups in total. The monoisotopic (exact) mass is 235 g/mol. The van der Waals surface area contributed by atoms with Crippen LogP contribution in [0.25, 0.3) is 0 Å². The van der Waals surface area contributed by atoms with E-state index < -0.39 is 24.0 Å². The van der Waals surface area contributed by atoms with Crippen molar-refractivity contribution in [1.29, 1.82) is 0 Å². The summed E-state index contributed by atoms with van der Waals surface area (Å²) in [5.74, 6) is -1.99. The Balaban J connectivity index is 2.81. The van der Waals surface area contributed by atoms with Crippen molar-refractivity contribution in [3.05, 3.63) is 29.6 Å². The van der Waals surface area contributed by atoms with Crippen LogP contribution in [0.5, 0.6) is 0 Å². The molecule has 0 bridgehead atoms. The van der Waals surface area contributed by atoms with Gasteiger partial charge >= 0.3 is 0 Å². The van der Waals surface area contributed by atoms with Crippen molar-refractivity contribution in [1.82, 2.24) is 4.98 Å². The fourth-order valence-corrected chi connectivity index (χ4v) is 1.37. The first-order valence-electron chi connectivity index (χ1n) is 4.34. The number of nitrogens with zero attached hydrogens (tertiary/aromatic N) is 1. The lowest BCUT2D eigenvalue weighted by molar-refractivity contribution is 0.0167. The third-order valence-corrected chi connectivity index (χ3v) is 2.21. The molecule has 0 amide bonds. The van der Waals surface area contributed by atoms with E-state index >= 15 is 0 Å². The average Bonchev–Trinajstić information content (AvgIpc) is 2.21. The molecule has 0 saturated heterocycles. The van der Waals surface area contributed by atoms with Crippen molar-refractivity contribution in [3.63, 3.8) is 0 Å². The first-order chi connectivity index (χ1) is 7.06. The lowest BCUT2D eigenvalue weighted by atomic mass is 10.0. The van der Waals surface area contributed by atoms with Crippen molar-refractivity contribution in [3.8, 4) is 0 Å². The van der Waals surface area contributed by atoms with Gasteiger partial charge in [0.05, 0.1) is 6.10 Å². The summed E-state index contributed by atoms with van der Waals surface area (Å²) in [5.41, 5.74) is 0.0446. The molecule has 0 spiro atoms. The maximum atomic E-state index is 12.7. The van der Waals surface area contributed by atoms with Gasteiger partial charge in [-0.15, -0.1) is 0 Å². The zero-order chi connectivity index (χ0) is 11.4. The molecular formula is C9H11F2NO2S. The maximum absolute atomic E-state index is 12.7. The van der Waals surface area contributed by atoms with Crippen LogP contribution in [0.2, 0.25) is 0 Å². The molecule has 1 heterocycles. The number of aliphatic hydroxyl groups is 2. The molecule has 1 aromatic heterocycles. The molecule has 3 nitrogen and oxygen atoms in total. The smallest absolute Gasteiger partial charge is 0.248 e. The van der Waals surface area contributed by atoms with Gasteiger partial charge in [-0.1, -0.05) is 0 Å². The number of rotatable bonds is 4. The predicted molar refractivity (Wildman–Crippen MR) is 53.6 cm³/mol. The van der Waals surface area contributed by atoms with Crippen LogP contribution >= 0.6 is 12.6 Å². The third kappa shape index (κ3) is 3.12. The second-order valence-corrected chi connectivity index (χ2v) is 3.51. The number of hydrogen-bond donors (Lipinski definition) is 3. The zero-order valence-electron chi connectivity index (χ0n) is 7.77. The van der Waals surface area contributed by atoms with Gasteiger partial charge in [-0.2, -0.15) is 17.0 Å². The minimum absolute atomic E-state index is 0.0446. The van der Waals surface area contributed by atoms with E-state index in [0.29, 0.717) is 5.75 Å². The number of hydrogen-bond acceptors (Lipinski definition) is 4. The largest absolute Gasteiger partial charge is 0.390 e. The number of pyridine rings is 1. The van der Waals surface area contributed by atoms with Crippen LogP contribution < -0.4 is 0 Å². The van der Waals surface area contributed by atoms with Crippen molar-refractivity contribution in [2.45, 2.75) is 18.6 Å². The average molecular weight is 235 g/mol. The van der Waals surface area contributed by atoms with Crippen LogP contribution in [-0.4, -0.2) is 27.1 Å². The van der Waals surface area contributed by atoms with E-state index in [0.717, 1.165) is 12.3 Å². The zero-order valence-corrected chi connectivity index (χ0v) is 8.66. The summed E-state index contributed by atoms with van der Waals surface area (Å²) in [6, 6.07) is 0.814. The first-order valence-corrected chi connectivity index (χ1v) is 4.97. The summed E-state index contributed by atoms with van der Waals surface area (Å²) in [6.07, 6.45) is -1.09. The van der Waals surface area contributed by atoms with Gasteiger partial charge in [0.15, 0.2) is 5.82 Å². The minimum atomic E-state index is -1.28. The Hall–Kier alpha value is -0.720. The maximum Gasteiger partial charge on any atom is 0.248 e. The molecule has 0 aromatic carbocycles. The normalized spacial score (nSPS) is 15.0. The van der Waals surface area contributed by atoms with Gasteiger partial charge in [0, 0.05) is 11.8 Å². The van der Waals surface area contributed by atoms with Crippen LogP contribution in [0.1, 0.15) is 18.1 Å². The lowest BCUT2D eigenvalue weighted by Crippen LogP contribution is -2.19.